The van der Waals surface area contributed by atoms with E-state index >= 15 is 0 Å². The minimum absolute atomic E-state index is 0.186. The number of ether oxygens (including phenoxy) is 2. The zero-order chi connectivity index (χ0) is 22.7. The molecule has 2 aromatic rings. The maximum absolute atomic E-state index is 13.2. The Balaban J connectivity index is 1.80. The second kappa shape index (κ2) is 9.87. The molecule has 1 fully saturated rings. The van der Waals surface area contributed by atoms with Crippen LogP contribution in [0, 0.1) is 0 Å². The molecule has 4 rings (SSSR count). The molecule has 2 heterocycles. The summed E-state index contributed by atoms with van der Waals surface area (Å²) in [7, 11) is 0. The van der Waals surface area contributed by atoms with E-state index in [1.807, 2.05) is 18.2 Å². The Hall–Kier alpha value is -2.65. The quantitative estimate of drug-likeness (QED) is 0.455. The molecule has 0 N–H and O–H groups in total. The summed E-state index contributed by atoms with van der Waals surface area (Å²) in [6.45, 7) is 3.93. The van der Waals surface area contributed by atoms with Crippen molar-refractivity contribution in [2.45, 2.75) is 44.8 Å². The van der Waals surface area contributed by atoms with Gasteiger partial charge in [-0.25, -0.2) is 9.79 Å². The normalized spacial score (nSPS) is 19.2. The number of amidine groups is 1. The van der Waals surface area contributed by atoms with Crippen molar-refractivity contribution in [3.05, 3.63) is 46.3 Å². The van der Waals surface area contributed by atoms with Gasteiger partial charge in [0.05, 0.1) is 24.5 Å². The van der Waals surface area contributed by atoms with Crippen molar-refractivity contribution in [1.29, 1.82) is 0 Å². The number of hydrogen-bond donors (Lipinski definition) is 0. The molecule has 2 aliphatic rings. The number of anilines is 1. The SMILES string of the molecule is CCOC(=O)c1c(N=C2SC(C(=O)OCC)C(=O)N2c2ccccc2)sc2c1CCCC2. The van der Waals surface area contributed by atoms with E-state index < -0.39 is 23.1 Å². The molecule has 0 radical (unpaired) electrons. The number of thiophene rings is 1. The molecule has 1 amide bonds. The van der Waals surface area contributed by atoms with E-state index in [2.05, 4.69) is 0 Å². The minimum Gasteiger partial charge on any atom is -0.465 e. The van der Waals surface area contributed by atoms with Crippen molar-refractivity contribution in [2.75, 3.05) is 18.1 Å². The van der Waals surface area contributed by atoms with Gasteiger partial charge < -0.3 is 9.47 Å². The lowest BCUT2D eigenvalue weighted by Gasteiger charge is -2.16. The van der Waals surface area contributed by atoms with E-state index in [1.165, 1.54) is 16.2 Å². The number of amides is 1. The summed E-state index contributed by atoms with van der Waals surface area (Å²) < 4.78 is 10.4. The van der Waals surface area contributed by atoms with Gasteiger partial charge in [-0.05, 0) is 57.2 Å². The van der Waals surface area contributed by atoms with Crippen LogP contribution in [0.25, 0.3) is 0 Å². The van der Waals surface area contributed by atoms with Gasteiger partial charge in [-0.3, -0.25) is 14.5 Å². The molecular formula is C23H24N2O5S2. The first-order valence-corrected chi connectivity index (χ1v) is 12.4. The second-order valence-electron chi connectivity index (χ2n) is 7.27. The van der Waals surface area contributed by atoms with Gasteiger partial charge in [0.25, 0.3) is 5.91 Å². The van der Waals surface area contributed by atoms with Crippen molar-refractivity contribution in [3.8, 4) is 0 Å². The van der Waals surface area contributed by atoms with E-state index in [1.54, 1.807) is 26.0 Å². The highest BCUT2D eigenvalue weighted by Crippen LogP contribution is 2.42. The van der Waals surface area contributed by atoms with E-state index in [9.17, 15) is 14.4 Å². The third-order valence-corrected chi connectivity index (χ3v) is 7.50. The molecule has 1 unspecified atom stereocenters. The fourth-order valence-corrected chi connectivity index (χ4v) is 6.14. The molecule has 1 aromatic heterocycles. The molecule has 1 saturated heterocycles. The first-order chi connectivity index (χ1) is 15.5. The number of fused-ring (bicyclic) bond motifs is 1. The first-order valence-electron chi connectivity index (χ1n) is 10.7. The third kappa shape index (κ3) is 4.31. The molecule has 1 atom stereocenters. The van der Waals surface area contributed by atoms with Crippen LogP contribution >= 0.6 is 23.1 Å². The minimum atomic E-state index is -1.03. The number of para-hydroxylation sites is 1. The first kappa shape index (κ1) is 22.5. The average molecular weight is 473 g/mol. The van der Waals surface area contributed by atoms with Crippen molar-refractivity contribution < 1.29 is 23.9 Å². The summed E-state index contributed by atoms with van der Waals surface area (Å²) >= 11 is 2.52. The average Bonchev–Trinajstić information content (AvgIpc) is 3.32. The van der Waals surface area contributed by atoms with E-state index in [4.69, 9.17) is 14.5 Å². The van der Waals surface area contributed by atoms with Crippen LogP contribution in [0.15, 0.2) is 35.3 Å². The molecule has 168 valence electrons. The Bertz CT molecular complexity index is 1060. The summed E-state index contributed by atoms with van der Waals surface area (Å²) in [6, 6.07) is 9.05. The van der Waals surface area contributed by atoms with Crippen LogP contribution in [-0.2, 0) is 31.9 Å². The Morgan fingerprint density at radius 3 is 2.53 bits per heavy atom. The van der Waals surface area contributed by atoms with Crippen molar-refractivity contribution in [3.63, 3.8) is 0 Å². The predicted octanol–water partition coefficient (Wildman–Crippen LogP) is 4.50. The number of carbonyl (C=O) groups is 3. The van der Waals surface area contributed by atoms with E-state index in [-0.39, 0.29) is 13.2 Å². The van der Waals surface area contributed by atoms with Gasteiger partial charge in [0.1, 0.15) is 5.00 Å². The molecule has 1 aliphatic heterocycles. The van der Waals surface area contributed by atoms with Crippen molar-refractivity contribution in [1.82, 2.24) is 0 Å². The smallest absolute Gasteiger partial charge is 0.341 e. The molecule has 0 bridgehead atoms. The largest absolute Gasteiger partial charge is 0.465 e. The lowest BCUT2D eigenvalue weighted by Crippen LogP contribution is -2.35. The summed E-state index contributed by atoms with van der Waals surface area (Å²) in [5.74, 6) is -1.39. The molecule has 32 heavy (non-hydrogen) atoms. The maximum Gasteiger partial charge on any atom is 0.341 e. The number of rotatable bonds is 6. The fraction of sp³-hybridized carbons (Fsp3) is 0.391. The van der Waals surface area contributed by atoms with Crippen LogP contribution in [-0.4, -0.2) is 41.5 Å². The van der Waals surface area contributed by atoms with Crippen LogP contribution in [0.5, 0.6) is 0 Å². The molecule has 0 saturated carbocycles. The monoisotopic (exact) mass is 472 g/mol. The number of benzene rings is 1. The van der Waals surface area contributed by atoms with Crippen LogP contribution in [0.1, 0.15) is 47.5 Å². The summed E-state index contributed by atoms with van der Waals surface area (Å²) in [5.41, 5.74) is 2.09. The van der Waals surface area contributed by atoms with E-state index in [0.717, 1.165) is 47.9 Å². The second-order valence-corrected chi connectivity index (χ2v) is 9.42. The van der Waals surface area contributed by atoms with Gasteiger partial charge in [0.2, 0.25) is 0 Å². The molecule has 1 aliphatic carbocycles. The number of nitrogens with zero attached hydrogens (tertiary/aromatic N) is 2. The summed E-state index contributed by atoms with van der Waals surface area (Å²) in [4.78, 5) is 45.7. The number of esters is 2. The van der Waals surface area contributed by atoms with Gasteiger partial charge in [-0.2, -0.15) is 0 Å². The van der Waals surface area contributed by atoms with Crippen LogP contribution in [0.4, 0.5) is 10.7 Å². The van der Waals surface area contributed by atoms with Gasteiger partial charge in [0.15, 0.2) is 10.4 Å². The van der Waals surface area contributed by atoms with Crippen molar-refractivity contribution >= 4 is 56.8 Å². The highest BCUT2D eigenvalue weighted by molar-refractivity contribution is 8.16. The van der Waals surface area contributed by atoms with Gasteiger partial charge in [-0.15, -0.1) is 11.3 Å². The summed E-state index contributed by atoms with van der Waals surface area (Å²) in [6.07, 6.45) is 3.79. The molecule has 7 nitrogen and oxygen atoms in total. The molecule has 9 heteroatoms. The Morgan fingerprint density at radius 1 is 1.09 bits per heavy atom. The van der Waals surface area contributed by atoms with Crippen LogP contribution in [0.2, 0.25) is 0 Å². The highest BCUT2D eigenvalue weighted by atomic mass is 32.2. The Kier molecular flexibility index (Phi) is 6.95. The lowest BCUT2D eigenvalue weighted by atomic mass is 9.95. The standard InChI is InChI=1S/C23H24N2O5S2/c1-3-29-21(27)17-15-12-8-9-13-16(15)31-19(17)24-23-25(14-10-6-5-7-11-14)20(26)18(32-23)22(28)30-4-2/h5-7,10-11,18H,3-4,8-9,12-13H2,1-2H3. The Morgan fingerprint density at radius 2 is 1.81 bits per heavy atom. The lowest BCUT2D eigenvalue weighted by molar-refractivity contribution is -0.144. The summed E-state index contributed by atoms with van der Waals surface area (Å²) in [5, 5.41) is -0.158. The van der Waals surface area contributed by atoms with Gasteiger partial charge in [0, 0.05) is 4.88 Å². The highest BCUT2D eigenvalue weighted by Gasteiger charge is 2.44. The number of thioether (sulfide) groups is 1. The predicted molar refractivity (Wildman–Crippen MR) is 126 cm³/mol. The Labute approximate surface area is 194 Å². The van der Waals surface area contributed by atoms with Gasteiger partial charge >= 0.3 is 11.9 Å². The number of hydrogen-bond acceptors (Lipinski definition) is 8. The van der Waals surface area contributed by atoms with Crippen molar-refractivity contribution in [2.24, 2.45) is 4.99 Å². The molecule has 1 aromatic carbocycles. The zero-order valence-electron chi connectivity index (χ0n) is 18.0. The van der Waals surface area contributed by atoms with Gasteiger partial charge in [-0.1, -0.05) is 30.0 Å². The molecular weight excluding hydrogens is 448 g/mol. The number of aliphatic imine (C=N–C) groups is 1. The zero-order valence-corrected chi connectivity index (χ0v) is 19.6. The topological polar surface area (TPSA) is 85.3 Å². The van der Waals surface area contributed by atoms with Crippen LogP contribution < -0.4 is 4.90 Å². The third-order valence-electron chi connectivity index (χ3n) is 5.20. The van der Waals surface area contributed by atoms with Crippen LogP contribution in [0.3, 0.4) is 0 Å². The van der Waals surface area contributed by atoms with E-state index in [0.29, 0.717) is 21.4 Å². The number of aryl methyl sites for hydroxylation is 1. The molecule has 0 spiro atoms. The maximum atomic E-state index is 13.2. The number of carbonyl (C=O) groups excluding carboxylic acids is 3. The fourth-order valence-electron chi connectivity index (χ4n) is 3.81.